The molecule has 8 heteroatoms. The van der Waals surface area contributed by atoms with Crippen molar-refractivity contribution < 1.29 is 14.2 Å². The molecule has 0 radical (unpaired) electrons. The number of guanidine groups is 1. The molecule has 0 saturated heterocycles. The fraction of sp³-hybridized carbons (Fsp3) is 0.381. The molecular formula is C21H29FIN3O2S. The van der Waals surface area contributed by atoms with E-state index in [0.29, 0.717) is 24.8 Å². The normalized spacial score (nSPS) is 11.0. The van der Waals surface area contributed by atoms with Gasteiger partial charge in [0.25, 0.3) is 0 Å². The molecule has 0 aliphatic heterocycles. The zero-order chi connectivity index (χ0) is 20.4. The number of hydrogen-bond acceptors (Lipinski definition) is 4. The molecule has 0 unspecified atom stereocenters. The Kier molecular flexibility index (Phi) is 11.8. The molecule has 0 fully saturated rings. The number of thioether (sulfide) groups is 1. The Hall–Kier alpha value is -1.68. The van der Waals surface area contributed by atoms with Gasteiger partial charge in [0.15, 0.2) is 17.5 Å². The van der Waals surface area contributed by atoms with Crippen LogP contribution in [0.15, 0.2) is 41.4 Å². The number of phenolic OH excluding ortho intramolecular Hbond substituents is 1. The highest BCUT2D eigenvalue weighted by Gasteiger charge is 2.06. The molecule has 3 N–H and O–H groups in total. The summed E-state index contributed by atoms with van der Waals surface area (Å²) in [4.78, 5) is 4.63. The number of halogens is 2. The third-order valence-corrected chi connectivity index (χ3v) is 4.77. The second-order valence-electron chi connectivity index (χ2n) is 6.22. The fourth-order valence-corrected chi connectivity index (χ4v) is 3.33. The van der Waals surface area contributed by atoms with Gasteiger partial charge in [-0.25, -0.2) is 9.38 Å². The molecule has 0 amide bonds. The molecule has 0 saturated carbocycles. The van der Waals surface area contributed by atoms with Crippen LogP contribution in [0.4, 0.5) is 4.39 Å². The lowest BCUT2D eigenvalue weighted by molar-refractivity contribution is 0.373. The summed E-state index contributed by atoms with van der Waals surface area (Å²) in [5.74, 6) is 1.86. The molecule has 160 valence electrons. The lowest BCUT2D eigenvalue weighted by atomic mass is 10.1. The van der Waals surface area contributed by atoms with E-state index in [-0.39, 0.29) is 35.5 Å². The molecule has 0 atom stereocenters. The summed E-state index contributed by atoms with van der Waals surface area (Å²) in [5.41, 5.74) is 3.05. The first-order valence-corrected chi connectivity index (χ1v) is 10.6. The highest BCUT2D eigenvalue weighted by molar-refractivity contribution is 14.0. The zero-order valence-corrected chi connectivity index (χ0v) is 20.1. The van der Waals surface area contributed by atoms with Crippen molar-refractivity contribution in [2.45, 2.75) is 25.6 Å². The van der Waals surface area contributed by atoms with E-state index in [2.05, 4.69) is 15.6 Å². The van der Waals surface area contributed by atoms with Crippen LogP contribution in [0.5, 0.6) is 11.5 Å². The van der Waals surface area contributed by atoms with Crippen LogP contribution in [0.1, 0.15) is 23.6 Å². The minimum Gasteiger partial charge on any atom is -0.504 e. The monoisotopic (exact) mass is 533 g/mol. The molecule has 0 heterocycles. The Morgan fingerprint density at radius 2 is 1.97 bits per heavy atom. The van der Waals surface area contributed by atoms with Gasteiger partial charge in [0.1, 0.15) is 5.82 Å². The van der Waals surface area contributed by atoms with Crippen molar-refractivity contribution >= 4 is 41.7 Å². The third-order valence-electron chi connectivity index (χ3n) is 4.17. The molecule has 5 nitrogen and oxygen atoms in total. The lowest BCUT2D eigenvalue weighted by Gasteiger charge is -2.13. The SMILES string of the molecule is CCNC(=NCc1ccc(F)cc1CSC)NCCc1ccc(O)c(OC)c1.I. The van der Waals surface area contributed by atoms with Crippen LogP contribution in [0.2, 0.25) is 0 Å². The van der Waals surface area contributed by atoms with Crippen LogP contribution in [0.25, 0.3) is 0 Å². The van der Waals surface area contributed by atoms with Gasteiger partial charge in [-0.2, -0.15) is 11.8 Å². The van der Waals surface area contributed by atoms with E-state index < -0.39 is 0 Å². The van der Waals surface area contributed by atoms with E-state index in [0.717, 1.165) is 35.4 Å². The number of phenols is 1. The van der Waals surface area contributed by atoms with Gasteiger partial charge >= 0.3 is 0 Å². The molecule has 2 aromatic carbocycles. The van der Waals surface area contributed by atoms with Crippen molar-refractivity contribution in [1.82, 2.24) is 10.6 Å². The first kappa shape index (κ1) is 25.4. The minimum absolute atomic E-state index is 0. The molecule has 0 aromatic heterocycles. The van der Waals surface area contributed by atoms with Crippen LogP contribution >= 0.6 is 35.7 Å². The second kappa shape index (κ2) is 13.5. The zero-order valence-electron chi connectivity index (χ0n) is 17.0. The number of benzene rings is 2. The van der Waals surface area contributed by atoms with Gasteiger partial charge in [0.2, 0.25) is 0 Å². The van der Waals surface area contributed by atoms with Crippen molar-refractivity contribution in [3.63, 3.8) is 0 Å². The topological polar surface area (TPSA) is 65.9 Å². The Morgan fingerprint density at radius 3 is 2.66 bits per heavy atom. The van der Waals surface area contributed by atoms with Crippen molar-refractivity contribution in [1.29, 1.82) is 0 Å². The molecule has 29 heavy (non-hydrogen) atoms. The Balaban J connectivity index is 0.00000420. The highest BCUT2D eigenvalue weighted by Crippen LogP contribution is 2.26. The quantitative estimate of drug-likeness (QED) is 0.255. The summed E-state index contributed by atoms with van der Waals surface area (Å²) in [5, 5.41) is 16.2. The van der Waals surface area contributed by atoms with E-state index in [1.54, 1.807) is 30.0 Å². The summed E-state index contributed by atoms with van der Waals surface area (Å²) in [6.07, 6.45) is 2.76. The van der Waals surface area contributed by atoms with Crippen molar-refractivity contribution in [2.75, 3.05) is 26.5 Å². The lowest BCUT2D eigenvalue weighted by Crippen LogP contribution is -2.38. The molecule has 0 aliphatic rings. The van der Waals surface area contributed by atoms with Gasteiger partial charge in [-0.05, 0) is 60.6 Å². The summed E-state index contributed by atoms with van der Waals surface area (Å²) >= 11 is 1.66. The molecule has 2 aromatic rings. The predicted molar refractivity (Wildman–Crippen MR) is 130 cm³/mol. The first-order chi connectivity index (χ1) is 13.6. The van der Waals surface area contributed by atoms with E-state index in [1.165, 1.54) is 13.2 Å². The maximum absolute atomic E-state index is 13.5. The third kappa shape index (κ3) is 8.30. The Labute approximate surface area is 193 Å². The number of hydrogen-bond donors (Lipinski definition) is 3. The van der Waals surface area contributed by atoms with Crippen molar-refractivity contribution in [3.8, 4) is 11.5 Å². The van der Waals surface area contributed by atoms with Crippen molar-refractivity contribution in [2.24, 2.45) is 4.99 Å². The number of aromatic hydroxyl groups is 1. The number of ether oxygens (including phenoxy) is 1. The fourth-order valence-electron chi connectivity index (χ4n) is 2.75. The van der Waals surface area contributed by atoms with E-state index in [4.69, 9.17) is 4.74 Å². The average molecular weight is 533 g/mol. The molecule has 0 spiro atoms. The van der Waals surface area contributed by atoms with Crippen LogP contribution in [-0.4, -0.2) is 37.5 Å². The van der Waals surface area contributed by atoms with E-state index in [9.17, 15) is 9.50 Å². The molecule has 2 rings (SSSR count). The standard InChI is InChI=1S/C21H28FN3O2S.HI/c1-4-23-21(24-10-9-15-5-8-19(26)20(11-15)27-2)25-13-16-6-7-18(22)12-17(16)14-28-3;/h5-8,11-12,26H,4,9-10,13-14H2,1-3H3,(H2,23,24,25);1H. The van der Waals surface area contributed by atoms with Gasteiger partial charge < -0.3 is 20.5 Å². The number of nitrogens with one attached hydrogen (secondary N) is 2. The van der Waals surface area contributed by atoms with Crippen LogP contribution in [-0.2, 0) is 18.7 Å². The van der Waals surface area contributed by atoms with Crippen molar-refractivity contribution in [3.05, 3.63) is 58.9 Å². The van der Waals surface area contributed by atoms with E-state index in [1.807, 2.05) is 25.3 Å². The maximum Gasteiger partial charge on any atom is 0.191 e. The summed E-state index contributed by atoms with van der Waals surface area (Å²) < 4.78 is 18.6. The smallest absolute Gasteiger partial charge is 0.191 e. The number of rotatable bonds is 9. The largest absolute Gasteiger partial charge is 0.504 e. The van der Waals surface area contributed by atoms with Gasteiger partial charge in [-0.1, -0.05) is 12.1 Å². The highest BCUT2D eigenvalue weighted by atomic mass is 127. The second-order valence-corrected chi connectivity index (χ2v) is 7.09. The van der Waals surface area contributed by atoms with Crippen LogP contribution in [0, 0.1) is 5.82 Å². The summed E-state index contributed by atoms with van der Waals surface area (Å²) in [7, 11) is 1.54. The number of nitrogens with zero attached hydrogens (tertiary/aromatic N) is 1. The predicted octanol–water partition coefficient (Wildman–Crippen LogP) is 4.32. The Bertz CT molecular complexity index is 805. The van der Waals surface area contributed by atoms with Crippen LogP contribution < -0.4 is 15.4 Å². The van der Waals surface area contributed by atoms with Gasteiger partial charge in [-0.3, -0.25) is 0 Å². The summed E-state index contributed by atoms with van der Waals surface area (Å²) in [6, 6.07) is 10.2. The van der Waals surface area contributed by atoms with E-state index >= 15 is 0 Å². The van der Waals surface area contributed by atoms with Gasteiger partial charge in [-0.15, -0.1) is 24.0 Å². The van der Waals surface area contributed by atoms with Crippen LogP contribution in [0.3, 0.4) is 0 Å². The molecular weight excluding hydrogens is 504 g/mol. The minimum atomic E-state index is -0.217. The molecule has 0 bridgehead atoms. The van der Waals surface area contributed by atoms with Gasteiger partial charge in [0, 0.05) is 18.8 Å². The maximum atomic E-state index is 13.5. The number of methoxy groups -OCH3 is 1. The molecule has 0 aliphatic carbocycles. The number of aliphatic imine (C=N–C) groups is 1. The Morgan fingerprint density at radius 1 is 1.17 bits per heavy atom. The van der Waals surface area contributed by atoms with Gasteiger partial charge in [0.05, 0.1) is 13.7 Å². The average Bonchev–Trinajstić information content (AvgIpc) is 2.68. The first-order valence-electron chi connectivity index (χ1n) is 9.21. The summed E-state index contributed by atoms with van der Waals surface area (Å²) in [6.45, 7) is 3.93.